The molecule has 2 rings (SSSR count). The molecule has 0 bridgehead atoms. The van der Waals surface area contributed by atoms with E-state index in [4.69, 9.17) is 0 Å². The fraction of sp³-hybridized carbons (Fsp3) is 0.0714. The van der Waals surface area contributed by atoms with E-state index < -0.39 is 0 Å². The maximum Gasteiger partial charge on any atom is 0.193 e. The molecule has 0 N–H and O–H groups in total. The quantitative estimate of drug-likeness (QED) is 0.547. The second-order valence-corrected chi connectivity index (χ2v) is 3.52. The minimum atomic E-state index is 0.583. The lowest BCUT2D eigenvalue weighted by Gasteiger charge is -2.00. The van der Waals surface area contributed by atoms with Crippen molar-refractivity contribution in [3.05, 3.63) is 47.7 Å². The molecule has 0 aliphatic heterocycles. The number of carbonyl (C=O) groups is 1. The minimum absolute atomic E-state index is 0.583. The summed E-state index contributed by atoms with van der Waals surface area (Å²) in [5, 5.41) is 8.10. The van der Waals surface area contributed by atoms with Crippen LogP contribution in [0.5, 0.6) is 0 Å². The first-order valence-corrected chi connectivity index (χ1v) is 5.15. The van der Waals surface area contributed by atoms with E-state index in [0.717, 1.165) is 22.5 Å². The maximum absolute atomic E-state index is 10.1. The third-order valence-electron chi connectivity index (χ3n) is 2.25. The first-order chi connectivity index (χ1) is 8.29. The Hall–Kier alpha value is -2.47. The number of aldehydes is 1. The van der Waals surface area contributed by atoms with Crippen LogP contribution in [0.15, 0.2) is 36.4 Å². The van der Waals surface area contributed by atoms with Gasteiger partial charge in [-0.2, -0.15) is 10.2 Å². The highest BCUT2D eigenvalue weighted by atomic mass is 16.1. The van der Waals surface area contributed by atoms with E-state index in [0.29, 0.717) is 6.29 Å². The summed E-state index contributed by atoms with van der Waals surface area (Å²) in [5.41, 5.74) is 3.50. The number of hydrogen-bond donors (Lipinski definition) is 0. The predicted molar refractivity (Wildman–Crippen MR) is 65.1 cm³/mol. The summed E-state index contributed by atoms with van der Waals surface area (Å²) >= 11 is 0. The van der Waals surface area contributed by atoms with Gasteiger partial charge in [0.2, 0.25) is 0 Å². The second-order valence-electron chi connectivity index (χ2n) is 3.52. The van der Waals surface area contributed by atoms with Gasteiger partial charge in [0, 0.05) is 11.1 Å². The van der Waals surface area contributed by atoms with Gasteiger partial charge in [0.25, 0.3) is 0 Å². The van der Waals surface area contributed by atoms with E-state index in [1.54, 1.807) is 0 Å². The Kier molecular flexibility index (Phi) is 3.27. The lowest BCUT2D eigenvalue weighted by molar-refractivity contribution is -0.103. The molecule has 0 amide bonds. The number of aryl methyl sites for hydroxylation is 1. The first kappa shape index (κ1) is 11.0. The molecule has 1 aromatic carbocycles. The van der Waals surface area contributed by atoms with Crippen LogP contribution in [0, 0.1) is 18.8 Å². The molecule has 3 heteroatoms. The van der Waals surface area contributed by atoms with E-state index in [1.165, 1.54) is 0 Å². The van der Waals surface area contributed by atoms with Crippen LogP contribution in [0.4, 0.5) is 0 Å². The third-order valence-corrected chi connectivity index (χ3v) is 2.25. The zero-order valence-corrected chi connectivity index (χ0v) is 9.34. The van der Waals surface area contributed by atoms with Crippen LogP contribution in [-0.4, -0.2) is 16.5 Å². The average Bonchev–Trinajstić information content (AvgIpc) is 2.38. The molecule has 1 aromatic heterocycles. The minimum Gasteiger partial charge on any atom is -0.289 e. The van der Waals surface area contributed by atoms with Gasteiger partial charge >= 0.3 is 0 Å². The van der Waals surface area contributed by atoms with Gasteiger partial charge in [0.1, 0.15) is 0 Å². The van der Waals surface area contributed by atoms with Gasteiger partial charge in [0.05, 0.1) is 11.4 Å². The Bertz CT molecular complexity index is 574. The third kappa shape index (κ3) is 2.76. The lowest BCUT2D eigenvalue weighted by Crippen LogP contribution is -1.89. The molecule has 17 heavy (non-hydrogen) atoms. The van der Waals surface area contributed by atoms with Crippen molar-refractivity contribution in [2.45, 2.75) is 6.92 Å². The first-order valence-electron chi connectivity index (χ1n) is 5.15. The van der Waals surface area contributed by atoms with Crippen molar-refractivity contribution in [2.75, 3.05) is 0 Å². The van der Waals surface area contributed by atoms with Crippen LogP contribution >= 0.6 is 0 Å². The molecular weight excluding hydrogens is 212 g/mol. The number of aromatic nitrogens is 2. The molecule has 0 aliphatic carbocycles. The van der Waals surface area contributed by atoms with Crippen LogP contribution in [-0.2, 0) is 4.79 Å². The number of hydrogen-bond acceptors (Lipinski definition) is 3. The van der Waals surface area contributed by atoms with Gasteiger partial charge in [-0.25, -0.2) is 0 Å². The predicted octanol–water partition coefficient (Wildman–Crippen LogP) is 2.00. The van der Waals surface area contributed by atoms with Crippen molar-refractivity contribution in [1.82, 2.24) is 10.2 Å². The number of benzene rings is 1. The SMILES string of the molecule is Cc1ccc(-c2ccc(C#CC=O)cc2)nn1. The summed E-state index contributed by atoms with van der Waals surface area (Å²) in [5.74, 6) is 5.10. The number of nitrogens with zero attached hydrogens (tertiary/aromatic N) is 2. The van der Waals surface area contributed by atoms with Gasteiger partial charge in [-0.15, -0.1) is 0 Å². The van der Waals surface area contributed by atoms with E-state index in [-0.39, 0.29) is 0 Å². The summed E-state index contributed by atoms with van der Waals surface area (Å²) in [7, 11) is 0. The van der Waals surface area contributed by atoms with Crippen molar-refractivity contribution in [3.63, 3.8) is 0 Å². The Labute approximate surface area is 99.5 Å². The maximum atomic E-state index is 10.1. The summed E-state index contributed by atoms with van der Waals surface area (Å²) in [6.45, 7) is 1.90. The molecule has 1 heterocycles. The highest BCUT2D eigenvalue weighted by Gasteiger charge is 1.99. The Morgan fingerprint density at radius 3 is 2.41 bits per heavy atom. The largest absolute Gasteiger partial charge is 0.289 e. The van der Waals surface area contributed by atoms with Gasteiger partial charge in [0.15, 0.2) is 6.29 Å². The van der Waals surface area contributed by atoms with E-state index in [1.807, 2.05) is 43.3 Å². The molecule has 0 saturated carbocycles. The topological polar surface area (TPSA) is 42.9 Å². The Morgan fingerprint density at radius 1 is 1.06 bits per heavy atom. The molecular formula is C14H10N2O. The number of carbonyl (C=O) groups excluding carboxylic acids is 1. The summed E-state index contributed by atoms with van der Waals surface area (Å²) in [6, 6.07) is 11.4. The molecule has 3 nitrogen and oxygen atoms in total. The normalized spacial score (nSPS) is 9.24. The molecule has 2 aromatic rings. The average molecular weight is 222 g/mol. The Balaban J connectivity index is 2.29. The summed E-state index contributed by atoms with van der Waals surface area (Å²) < 4.78 is 0. The molecule has 0 atom stereocenters. The smallest absolute Gasteiger partial charge is 0.193 e. The molecule has 82 valence electrons. The summed E-state index contributed by atoms with van der Waals surface area (Å²) in [4.78, 5) is 10.1. The standard InChI is InChI=1S/C14H10N2O/c1-11-4-9-14(16-15-11)13-7-5-12(6-8-13)3-2-10-17/h4-10H,1H3. The van der Waals surface area contributed by atoms with E-state index >= 15 is 0 Å². The van der Waals surface area contributed by atoms with Crippen LogP contribution in [0.1, 0.15) is 11.3 Å². The highest BCUT2D eigenvalue weighted by molar-refractivity contribution is 5.74. The van der Waals surface area contributed by atoms with Crippen molar-refractivity contribution < 1.29 is 4.79 Å². The van der Waals surface area contributed by atoms with E-state index in [9.17, 15) is 4.79 Å². The Morgan fingerprint density at radius 2 is 1.82 bits per heavy atom. The zero-order valence-electron chi connectivity index (χ0n) is 9.34. The van der Waals surface area contributed by atoms with Gasteiger partial charge in [-0.1, -0.05) is 18.1 Å². The van der Waals surface area contributed by atoms with Crippen LogP contribution in [0.3, 0.4) is 0 Å². The van der Waals surface area contributed by atoms with E-state index in [2.05, 4.69) is 22.0 Å². The molecule has 0 unspecified atom stereocenters. The van der Waals surface area contributed by atoms with Gasteiger partial charge < -0.3 is 0 Å². The lowest BCUT2D eigenvalue weighted by atomic mass is 10.1. The molecule has 0 spiro atoms. The van der Waals surface area contributed by atoms with Crippen molar-refractivity contribution in [2.24, 2.45) is 0 Å². The molecule has 0 radical (unpaired) electrons. The summed E-state index contributed by atoms with van der Waals surface area (Å²) in [6.07, 6.45) is 0.583. The van der Waals surface area contributed by atoms with Crippen molar-refractivity contribution in [3.8, 4) is 23.1 Å². The number of rotatable bonds is 1. The van der Waals surface area contributed by atoms with Gasteiger partial charge in [-0.3, -0.25) is 4.79 Å². The van der Waals surface area contributed by atoms with Crippen LogP contribution in [0.25, 0.3) is 11.3 Å². The monoisotopic (exact) mass is 222 g/mol. The fourth-order valence-electron chi connectivity index (χ4n) is 1.39. The zero-order chi connectivity index (χ0) is 12.1. The van der Waals surface area contributed by atoms with Crippen molar-refractivity contribution in [1.29, 1.82) is 0 Å². The molecule has 0 fully saturated rings. The van der Waals surface area contributed by atoms with Gasteiger partial charge in [-0.05, 0) is 37.1 Å². The highest BCUT2D eigenvalue weighted by Crippen LogP contribution is 2.16. The van der Waals surface area contributed by atoms with Crippen molar-refractivity contribution >= 4 is 6.29 Å². The fourth-order valence-corrected chi connectivity index (χ4v) is 1.39. The van der Waals surface area contributed by atoms with Crippen LogP contribution < -0.4 is 0 Å². The molecule has 0 saturated heterocycles. The molecule has 0 aliphatic rings. The second kappa shape index (κ2) is 5.04. The van der Waals surface area contributed by atoms with Crippen LogP contribution in [0.2, 0.25) is 0 Å².